The lowest BCUT2D eigenvalue weighted by atomic mass is 10.1. The molecule has 0 bridgehead atoms. The molecule has 0 unspecified atom stereocenters. The van der Waals surface area contributed by atoms with E-state index in [2.05, 4.69) is 0 Å². The van der Waals surface area contributed by atoms with E-state index in [-0.39, 0.29) is 44.4 Å². The number of halogens is 1. The van der Waals surface area contributed by atoms with Crippen molar-refractivity contribution in [1.29, 1.82) is 0 Å². The van der Waals surface area contributed by atoms with Crippen LogP contribution in [-0.2, 0) is 33.9 Å². The van der Waals surface area contributed by atoms with Crippen LogP contribution in [0.1, 0.15) is 23.1 Å². The molecule has 2 aromatic rings. The number of hydrogen-bond donors (Lipinski definition) is 0. The minimum Gasteiger partial charge on any atom is -0.467 e. The van der Waals surface area contributed by atoms with Crippen LogP contribution in [0.2, 0.25) is 0 Å². The van der Waals surface area contributed by atoms with E-state index in [0.29, 0.717) is 22.4 Å². The van der Waals surface area contributed by atoms with Gasteiger partial charge in [-0.3, -0.25) is 14.9 Å². The number of carbonyl (C=O) groups is 1. The van der Waals surface area contributed by atoms with Gasteiger partial charge in [-0.2, -0.15) is 0 Å². The zero-order chi connectivity index (χ0) is 18.5. The van der Waals surface area contributed by atoms with Crippen molar-refractivity contribution in [2.75, 3.05) is 6.79 Å². The maximum Gasteiger partial charge on any atom is 0.306 e. The zero-order valence-electron chi connectivity index (χ0n) is 13.8. The molecule has 1 aliphatic rings. The number of esters is 1. The number of fused-ring (bicyclic) bond motifs is 1. The molecule has 0 saturated heterocycles. The summed E-state index contributed by atoms with van der Waals surface area (Å²) in [6.07, 6.45) is 0.213. The lowest BCUT2D eigenvalue weighted by Crippen LogP contribution is -2.15. The Bertz CT molecular complexity index is 838. The van der Waals surface area contributed by atoms with Crippen LogP contribution in [0.15, 0.2) is 36.4 Å². The van der Waals surface area contributed by atoms with Crippen molar-refractivity contribution in [3.05, 3.63) is 69.0 Å². The molecule has 0 N–H and O–H groups in total. The lowest BCUT2D eigenvalue weighted by molar-refractivity contribution is -0.385. The molecule has 26 heavy (non-hydrogen) atoms. The van der Waals surface area contributed by atoms with Crippen molar-refractivity contribution >= 4 is 11.7 Å². The SMILES string of the molecule is O=C(CCc1ccccc1F)OCc1cc([N+](=O)[O-])cc2c1OCOC2. The maximum absolute atomic E-state index is 13.6. The van der Waals surface area contributed by atoms with E-state index in [9.17, 15) is 19.3 Å². The van der Waals surface area contributed by atoms with E-state index in [1.165, 1.54) is 18.2 Å². The molecule has 0 saturated carbocycles. The Kier molecular flexibility index (Phi) is 5.43. The van der Waals surface area contributed by atoms with Crippen molar-refractivity contribution in [3.8, 4) is 5.75 Å². The number of ether oxygens (including phenoxy) is 3. The number of aryl methyl sites for hydroxylation is 1. The second-order valence-electron chi connectivity index (χ2n) is 5.71. The first kappa shape index (κ1) is 17.8. The third-order valence-corrected chi connectivity index (χ3v) is 3.93. The average Bonchev–Trinajstić information content (AvgIpc) is 2.65. The molecule has 0 aliphatic carbocycles. The van der Waals surface area contributed by atoms with E-state index < -0.39 is 10.9 Å². The summed E-state index contributed by atoms with van der Waals surface area (Å²) in [5.41, 5.74) is 1.23. The Morgan fingerprint density at radius 2 is 2.08 bits per heavy atom. The molecule has 0 radical (unpaired) electrons. The molecule has 0 aromatic heterocycles. The third kappa shape index (κ3) is 4.15. The van der Waals surface area contributed by atoms with E-state index >= 15 is 0 Å². The number of nitro benzene ring substituents is 1. The van der Waals surface area contributed by atoms with E-state index in [1.807, 2.05) is 0 Å². The summed E-state index contributed by atoms with van der Waals surface area (Å²) in [6, 6.07) is 8.89. The van der Waals surface area contributed by atoms with Crippen LogP contribution >= 0.6 is 0 Å². The van der Waals surface area contributed by atoms with Crippen LogP contribution in [0.3, 0.4) is 0 Å². The van der Waals surface area contributed by atoms with Crippen LogP contribution in [0.5, 0.6) is 5.75 Å². The minimum absolute atomic E-state index is 0.00200. The highest BCUT2D eigenvalue weighted by atomic mass is 19.1. The molecular weight excluding hydrogens is 345 g/mol. The van der Waals surface area contributed by atoms with Crippen LogP contribution in [0.25, 0.3) is 0 Å². The summed E-state index contributed by atoms with van der Waals surface area (Å²) in [4.78, 5) is 22.5. The van der Waals surface area contributed by atoms with E-state index in [0.717, 1.165) is 0 Å². The standard InChI is InChI=1S/C18H16FNO6/c19-16-4-2-1-3-12(16)5-6-17(21)25-10-14-8-15(20(22)23)7-13-9-24-11-26-18(13)14/h1-4,7-8H,5-6,9-11H2. The topological polar surface area (TPSA) is 87.9 Å². The van der Waals surface area contributed by atoms with Crippen LogP contribution in [-0.4, -0.2) is 17.7 Å². The summed E-state index contributed by atoms with van der Waals surface area (Å²) in [7, 11) is 0. The number of non-ortho nitro benzene ring substituents is 1. The monoisotopic (exact) mass is 361 g/mol. The molecule has 1 aliphatic heterocycles. The molecule has 0 spiro atoms. The maximum atomic E-state index is 13.6. The van der Waals surface area contributed by atoms with Gasteiger partial charge < -0.3 is 14.2 Å². The van der Waals surface area contributed by atoms with Gasteiger partial charge in [-0.05, 0) is 18.1 Å². The first-order valence-electron chi connectivity index (χ1n) is 7.94. The number of benzene rings is 2. The molecular formula is C18H16FNO6. The minimum atomic E-state index is -0.529. The van der Waals surface area contributed by atoms with Crippen LogP contribution < -0.4 is 4.74 Å². The molecule has 7 nitrogen and oxygen atoms in total. The number of rotatable bonds is 6. The zero-order valence-corrected chi connectivity index (χ0v) is 13.8. The molecule has 0 amide bonds. The first-order chi connectivity index (χ1) is 12.5. The summed E-state index contributed by atoms with van der Waals surface area (Å²) in [5.74, 6) is -0.467. The van der Waals surface area contributed by atoms with Gasteiger partial charge in [0.05, 0.1) is 11.5 Å². The predicted octanol–water partition coefficient (Wildman–Crippen LogP) is 3.28. The molecule has 0 atom stereocenters. The van der Waals surface area contributed by atoms with Gasteiger partial charge in [0.15, 0.2) is 6.79 Å². The van der Waals surface area contributed by atoms with E-state index in [1.54, 1.807) is 18.2 Å². The van der Waals surface area contributed by atoms with Gasteiger partial charge in [-0.1, -0.05) is 18.2 Å². The number of nitrogens with zero attached hydrogens (tertiary/aromatic N) is 1. The van der Waals surface area contributed by atoms with Crippen LogP contribution in [0, 0.1) is 15.9 Å². The van der Waals surface area contributed by atoms with Gasteiger partial charge in [0.1, 0.15) is 18.2 Å². The lowest BCUT2D eigenvalue weighted by Gasteiger charge is -2.20. The third-order valence-electron chi connectivity index (χ3n) is 3.93. The summed E-state index contributed by atoms with van der Waals surface area (Å²) < 4.78 is 29.2. The molecule has 0 fully saturated rings. The Labute approximate surface area is 148 Å². The predicted molar refractivity (Wildman–Crippen MR) is 87.9 cm³/mol. The quantitative estimate of drug-likeness (QED) is 0.446. The van der Waals surface area contributed by atoms with Crippen molar-refractivity contribution in [1.82, 2.24) is 0 Å². The summed E-state index contributed by atoms with van der Waals surface area (Å²) in [6.45, 7) is 0.0460. The van der Waals surface area contributed by atoms with Gasteiger partial charge >= 0.3 is 5.97 Å². The molecule has 3 rings (SSSR count). The van der Waals surface area contributed by atoms with Gasteiger partial charge in [-0.15, -0.1) is 0 Å². The molecule has 1 heterocycles. The Hall–Kier alpha value is -3.00. The Morgan fingerprint density at radius 1 is 1.27 bits per heavy atom. The molecule has 136 valence electrons. The van der Waals surface area contributed by atoms with Gasteiger partial charge in [0.2, 0.25) is 0 Å². The van der Waals surface area contributed by atoms with Gasteiger partial charge in [0.25, 0.3) is 5.69 Å². The number of nitro groups is 1. The fraction of sp³-hybridized carbons (Fsp3) is 0.278. The second-order valence-corrected chi connectivity index (χ2v) is 5.71. The largest absolute Gasteiger partial charge is 0.467 e. The fourth-order valence-electron chi connectivity index (χ4n) is 2.66. The summed E-state index contributed by atoms with van der Waals surface area (Å²) >= 11 is 0. The van der Waals surface area contributed by atoms with Crippen molar-refractivity contribution in [2.24, 2.45) is 0 Å². The fourth-order valence-corrected chi connectivity index (χ4v) is 2.66. The van der Waals surface area contributed by atoms with Crippen molar-refractivity contribution in [3.63, 3.8) is 0 Å². The number of carbonyl (C=O) groups excluding carboxylic acids is 1. The van der Waals surface area contributed by atoms with Crippen LogP contribution in [0.4, 0.5) is 10.1 Å². The summed E-state index contributed by atoms with van der Waals surface area (Å²) in [5, 5.41) is 11.0. The normalized spacial score (nSPS) is 12.8. The highest BCUT2D eigenvalue weighted by Crippen LogP contribution is 2.33. The number of hydrogen-bond acceptors (Lipinski definition) is 6. The molecule has 2 aromatic carbocycles. The Balaban J connectivity index is 1.65. The smallest absolute Gasteiger partial charge is 0.306 e. The first-order valence-corrected chi connectivity index (χ1v) is 7.94. The van der Waals surface area contributed by atoms with Gasteiger partial charge in [-0.25, -0.2) is 4.39 Å². The van der Waals surface area contributed by atoms with E-state index in [4.69, 9.17) is 14.2 Å². The molecule has 8 heteroatoms. The van der Waals surface area contributed by atoms with Crippen molar-refractivity contribution in [2.45, 2.75) is 26.1 Å². The van der Waals surface area contributed by atoms with Gasteiger partial charge in [0, 0.05) is 29.7 Å². The van der Waals surface area contributed by atoms with Crippen molar-refractivity contribution < 1.29 is 28.3 Å². The second kappa shape index (κ2) is 7.92. The Morgan fingerprint density at radius 3 is 2.85 bits per heavy atom. The highest BCUT2D eigenvalue weighted by Gasteiger charge is 2.21. The highest BCUT2D eigenvalue weighted by molar-refractivity contribution is 5.70. The average molecular weight is 361 g/mol.